The van der Waals surface area contributed by atoms with Crippen LogP contribution in [0, 0.1) is 0 Å². The van der Waals surface area contributed by atoms with Crippen molar-refractivity contribution < 1.29 is 9.90 Å². The average Bonchev–Trinajstić information content (AvgIpc) is 2.63. The molecule has 3 aliphatic rings. The molecule has 0 amide bonds. The smallest absolute Gasteiger partial charge is 0.336 e. The SMILES string of the molecule is O=C(O)c1ccc2c3c1SCCCN3[C@H]1CCNC[C@@H]21. The Bertz CT molecular complexity index is 575. The Kier molecular flexibility index (Phi) is 2.93. The van der Waals surface area contributed by atoms with Crippen molar-refractivity contribution in [2.75, 3.05) is 30.3 Å². The molecule has 0 saturated carbocycles. The fourth-order valence-corrected chi connectivity index (χ4v) is 5.04. The average molecular weight is 290 g/mol. The van der Waals surface area contributed by atoms with Gasteiger partial charge in [0.05, 0.1) is 11.3 Å². The summed E-state index contributed by atoms with van der Waals surface area (Å²) in [5, 5.41) is 12.9. The minimum absolute atomic E-state index is 0.479. The molecular weight excluding hydrogens is 272 g/mol. The van der Waals surface area contributed by atoms with Gasteiger partial charge in [-0.25, -0.2) is 4.79 Å². The largest absolute Gasteiger partial charge is 0.478 e. The molecule has 0 unspecified atom stereocenters. The number of aromatic carboxylic acids is 1. The Morgan fingerprint density at radius 2 is 2.35 bits per heavy atom. The van der Waals surface area contributed by atoms with E-state index < -0.39 is 5.97 Å². The van der Waals surface area contributed by atoms with Gasteiger partial charge in [-0.15, -0.1) is 11.8 Å². The van der Waals surface area contributed by atoms with Gasteiger partial charge in [0.25, 0.3) is 0 Å². The summed E-state index contributed by atoms with van der Waals surface area (Å²) in [5.74, 6) is 0.743. The molecule has 5 heteroatoms. The number of benzene rings is 1. The van der Waals surface area contributed by atoms with Crippen LogP contribution in [0.3, 0.4) is 0 Å². The van der Waals surface area contributed by atoms with Gasteiger partial charge in [-0.05, 0) is 36.8 Å². The maximum absolute atomic E-state index is 11.5. The van der Waals surface area contributed by atoms with E-state index in [2.05, 4.69) is 16.3 Å². The number of carbonyl (C=O) groups is 1. The molecule has 1 saturated heterocycles. The summed E-state index contributed by atoms with van der Waals surface area (Å²) >= 11 is 1.72. The van der Waals surface area contributed by atoms with Crippen LogP contribution in [0.1, 0.15) is 34.7 Å². The Balaban J connectivity index is 1.91. The number of fused-ring (bicyclic) bond motifs is 3. The normalized spacial score (nSPS) is 27.7. The third-order valence-electron chi connectivity index (χ3n) is 4.72. The number of nitrogens with zero attached hydrogens (tertiary/aromatic N) is 1. The highest BCUT2D eigenvalue weighted by Gasteiger charge is 2.42. The van der Waals surface area contributed by atoms with E-state index >= 15 is 0 Å². The van der Waals surface area contributed by atoms with Gasteiger partial charge in [0, 0.05) is 29.9 Å². The monoisotopic (exact) mass is 290 g/mol. The molecule has 3 heterocycles. The van der Waals surface area contributed by atoms with Crippen LogP contribution in [-0.2, 0) is 0 Å². The molecule has 3 aliphatic heterocycles. The molecule has 20 heavy (non-hydrogen) atoms. The molecule has 0 aliphatic carbocycles. The van der Waals surface area contributed by atoms with Crippen LogP contribution in [0.2, 0.25) is 0 Å². The number of carboxylic acids is 1. The van der Waals surface area contributed by atoms with E-state index in [1.165, 1.54) is 11.3 Å². The van der Waals surface area contributed by atoms with Gasteiger partial charge < -0.3 is 15.3 Å². The van der Waals surface area contributed by atoms with Crippen LogP contribution in [0.5, 0.6) is 0 Å². The van der Waals surface area contributed by atoms with Gasteiger partial charge in [-0.3, -0.25) is 0 Å². The van der Waals surface area contributed by atoms with Crippen molar-refractivity contribution in [3.8, 4) is 0 Å². The standard InChI is InChI=1S/C15H18N2O2S/c18-15(19)10-3-2-9-11-8-16-5-4-12(11)17-6-1-7-20-14(10)13(9)17/h2-3,11-12,16H,1,4-8H2,(H,18,19)/t11-,12-/m0/s1. The summed E-state index contributed by atoms with van der Waals surface area (Å²) in [5.41, 5.74) is 3.06. The Morgan fingerprint density at radius 1 is 1.45 bits per heavy atom. The van der Waals surface area contributed by atoms with E-state index in [9.17, 15) is 9.90 Å². The molecule has 4 rings (SSSR count). The molecule has 0 aromatic heterocycles. The number of thioether (sulfide) groups is 1. The predicted octanol–water partition coefficient (Wildman–Crippen LogP) is 2.15. The zero-order valence-corrected chi connectivity index (χ0v) is 12.1. The third kappa shape index (κ3) is 1.69. The summed E-state index contributed by atoms with van der Waals surface area (Å²) < 4.78 is 0. The molecule has 1 fully saturated rings. The number of anilines is 1. The van der Waals surface area contributed by atoms with Crippen LogP contribution in [0.25, 0.3) is 0 Å². The molecule has 0 bridgehead atoms. The summed E-state index contributed by atoms with van der Waals surface area (Å²) in [6, 6.07) is 4.43. The van der Waals surface area contributed by atoms with Crippen molar-refractivity contribution >= 4 is 23.4 Å². The molecule has 1 aromatic rings. The van der Waals surface area contributed by atoms with E-state index in [0.717, 1.165) is 43.1 Å². The van der Waals surface area contributed by atoms with E-state index in [0.29, 0.717) is 17.5 Å². The highest BCUT2D eigenvalue weighted by molar-refractivity contribution is 7.99. The van der Waals surface area contributed by atoms with E-state index in [4.69, 9.17) is 0 Å². The van der Waals surface area contributed by atoms with Crippen molar-refractivity contribution in [1.82, 2.24) is 5.32 Å². The number of hydrogen-bond acceptors (Lipinski definition) is 4. The first kappa shape index (κ1) is 12.5. The van der Waals surface area contributed by atoms with Gasteiger partial charge in [-0.2, -0.15) is 0 Å². The maximum Gasteiger partial charge on any atom is 0.336 e. The highest BCUT2D eigenvalue weighted by atomic mass is 32.2. The van der Waals surface area contributed by atoms with E-state index in [1.807, 2.05) is 6.07 Å². The quantitative estimate of drug-likeness (QED) is 0.830. The van der Waals surface area contributed by atoms with Crippen LogP contribution >= 0.6 is 11.8 Å². The first-order valence-electron chi connectivity index (χ1n) is 7.27. The van der Waals surface area contributed by atoms with Crippen molar-refractivity contribution in [1.29, 1.82) is 0 Å². The molecular formula is C15H18N2O2S. The van der Waals surface area contributed by atoms with Crippen LogP contribution < -0.4 is 10.2 Å². The first-order chi connectivity index (χ1) is 9.77. The minimum atomic E-state index is -0.801. The maximum atomic E-state index is 11.5. The molecule has 4 nitrogen and oxygen atoms in total. The lowest BCUT2D eigenvalue weighted by Crippen LogP contribution is -2.44. The molecule has 1 aromatic carbocycles. The summed E-state index contributed by atoms with van der Waals surface area (Å²) in [4.78, 5) is 15.0. The van der Waals surface area contributed by atoms with Crippen molar-refractivity contribution in [2.24, 2.45) is 0 Å². The summed E-state index contributed by atoms with van der Waals surface area (Å²) in [7, 11) is 0. The van der Waals surface area contributed by atoms with Crippen LogP contribution in [-0.4, -0.2) is 42.5 Å². The molecule has 2 atom stereocenters. The van der Waals surface area contributed by atoms with E-state index in [-0.39, 0.29) is 0 Å². The predicted molar refractivity (Wildman–Crippen MR) is 80.1 cm³/mol. The topological polar surface area (TPSA) is 52.6 Å². The number of rotatable bonds is 1. The Morgan fingerprint density at radius 3 is 3.20 bits per heavy atom. The zero-order chi connectivity index (χ0) is 13.7. The molecule has 0 spiro atoms. The lowest BCUT2D eigenvalue weighted by Gasteiger charge is -2.33. The lowest BCUT2D eigenvalue weighted by atomic mass is 9.90. The second-order valence-corrected chi connectivity index (χ2v) is 6.85. The second-order valence-electron chi connectivity index (χ2n) is 5.75. The van der Waals surface area contributed by atoms with Crippen LogP contribution in [0.4, 0.5) is 5.69 Å². The van der Waals surface area contributed by atoms with Gasteiger partial charge in [-0.1, -0.05) is 6.07 Å². The van der Waals surface area contributed by atoms with Gasteiger partial charge in [0.15, 0.2) is 0 Å². The number of carboxylic acid groups (broad SMARTS) is 1. The van der Waals surface area contributed by atoms with Gasteiger partial charge >= 0.3 is 5.97 Å². The number of hydrogen-bond donors (Lipinski definition) is 2. The molecule has 2 N–H and O–H groups in total. The molecule has 0 radical (unpaired) electrons. The third-order valence-corrected chi connectivity index (χ3v) is 5.91. The molecule has 106 valence electrons. The second kappa shape index (κ2) is 4.67. The number of nitrogens with one attached hydrogen (secondary N) is 1. The first-order valence-corrected chi connectivity index (χ1v) is 8.26. The Labute approximate surface area is 122 Å². The van der Waals surface area contributed by atoms with Crippen molar-refractivity contribution in [3.63, 3.8) is 0 Å². The zero-order valence-electron chi connectivity index (χ0n) is 11.3. The van der Waals surface area contributed by atoms with E-state index in [1.54, 1.807) is 11.8 Å². The van der Waals surface area contributed by atoms with Crippen LogP contribution in [0.15, 0.2) is 17.0 Å². The van der Waals surface area contributed by atoms with Crippen molar-refractivity contribution in [2.45, 2.75) is 29.7 Å². The fourth-order valence-electron chi connectivity index (χ4n) is 3.88. The lowest BCUT2D eigenvalue weighted by molar-refractivity contribution is 0.0693. The van der Waals surface area contributed by atoms with Gasteiger partial charge in [0.2, 0.25) is 0 Å². The van der Waals surface area contributed by atoms with Gasteiger partial charge in [0.1, 0.15) is 0 Å². The number of piperidine rings is 1. The highest BCUT2D eigenvalue weighted by Crippen LogP contribution is 2.50. The minimum Gasteiger partial charge on any atom is -0.478 e. The van der Waals surface area contributed by atoms with Crippen molar-refractivity contribution in [3.05, 3.63) is 23.3 Å². The Hall–Kier alpha value is -1.20. The summed E-state index contributed by atoms with van der Waals surface area (Å²) in [6.07, 6.45) is 2.29. The fraction of sp³-hybridized carbons (Fsp3) is 0.533. The summed E-state index contributed by atoms with van der Waals surface area (Å²) in [6.45, 7) is 3.15.